The van der Waals surface area contributed by atoms with Crippen LogP contribution < -0.4 is 15.8 Å². The van der Waals surface area contributed by atoms with E-state index in [1.807, 2.05) is 92.6 Å². The van der Waals surface area contributed by atoms with Gasteiger partial charge in [0.25, 0.3) is 6.01 Å². The van der Waals surface area contributed by atoms with Gasteiger partial charge in [-0.05, 0) is 45.6 Å². The molecule has 0 aliphatic carbocycles. The molecule has 0 aliphatic heterocycles. The third-order valence-corrected chi connectivity index (χ3v) is 6.70. The molecule has 36 heavy (non-hydrogen) atoms. The summed E-state index contributed by atoms with van der Waals surface area (Å²) in [6.07, 6.45) is 0.405. The molecule has 0 bridgehead atoms. The minimum absolute atomic E-state index is 0.00703. The first kappa shape index (κ1) is 25.4. The Balaban J connectivity index is 1.69. The summed E-state index contributed by atoms with van der Waals surface area (Å²) < 4.78 is 6.27. The molecular weight excluding hydrogens is 520 g/mol. The van der Waals surface area contributed by atoms with E-state index in [-0.39, 0.29) is 11.9 Å². The molecule has 1 aromatic heterocycles. The maximum Gasteiger partial charge on any atom is 0.348 e. The highest BCUT2D eigenvalue weighted by atomic mass is 79.9. The summed E-state index contributed by atoms with van der Waals surface area (Å²) in [4.78, 5) is 34.8. The van der Waals surface area contributed by atoms with Crippen LogP contribution >= 0.6 is 15.9 Å². The van der Waals surface area contributed by atoms with E-state index in [0.29, 0.717) is 28.3 Å². The first-order valence-electron chi connectivity index (χ1n) is 11.6. The Morgan fingerprint density at radius 1 is 1.03 bits per heavy atom. The van der Waals surface area contributed by atoms with E-state index in [4.69, 9.17) is 4.42 Å². The molecule has 0 saturated heterocycles. The number of benzene rings is 3. The third-order valence-electron chi connectivity index (χ3n) is 6.09. The van der Waals surface area contributed by atoms with Crippen LogP contribution in [-0.4, -0.2) is 43.0 Å². The predicted molar refractivity (Wildman–Crippen MR) is 148 cm³/mol. The number of carbonyl (C=O) groups excluding carboxylic acids is 1. The number of hydrogen-bond donors (Lipinski definition) is 1. The molecule has 4 aromatic rings. The molecule has 0 spiro atoms. The van der Waals surface area contributed by atoms with Gasteiger partial charge >= 0.3 is 5.63 Å². The molecule has 186 valence electrons. The molecule has 0 aliphatic rings. The topological polar surface area (TPSA) is 78.7 Å². The zero-order chi connectivity index (χ0) is 25.8. The average molecular weight is 549 g/mol. The summed E-state index contributed by atoms with van der Waals surface area (Å²) in [6, 6.07) is 20.8. The second-order valence-electron chi connectivity index (χ2n) is 8.99. The Morgan fingerprint density at radius 2 is 1.64 bits per heavy atom. The van der Waals surface area contributed by atoms with Crippen LogP contribution in [0.25, 0.3) is 10.9 Å². The molecule has 1 N–H and O–H groups in total. The van der Waals surface area contributed by atoms with E-state index in [1.54, 1.807) is 11.9 Å². The van der Waals surface area contributed by atoms with E-state index in [9.17, 15) is 9.59 Å². The average Bonchev–Trinajstić information content (AvgIpc) is 2.86. The molecule has 4 rings (SSSR count). The van der Waals surface area contributed by atoms with Gasteiger partial charge in [0.1, 0.15) is 6.04 Å². The second-order valence-corrected chi connectivity index (χ2v) is 9.85. The zero-order valence-corrected chi connectivity index (χ0v) is 22.4. The first-order valence-corrected chi connectivity index (χ1v) is 12.4. The van der Waals surface area contributed by atoms with Crippen molar-refractivity contribution in [2.24, 2.45) is 0 Å². The summed E-state index contributed by atoms with van der Waals surface area (Å²) in [5.74, 6) is -0.134. The summed E-state index contributed by atoms with van der Waals surface area (Å²) in [5, 5.41) is 3.52. The van der Waals surface area contributed by atoms with Crippen molar-refractivity contribution in [3.05, 3.63) is 98.3 Å². The highest BCUT2D eigenvalue weighted by molar-refractivity contribution is 9.10. The number of halogens is 1. The summed E-state index contributed by atoms with van der Waals surface area (Å²) in [6.45, 7) is 2.33. The molecule has 0 saturated carbocycles. The number of nitrogens with zero attached hydrogens (tertiary/aromatic N) is 3. The number of fused-ring (bicyclic) bond motifs is 1. The quantitative estimate of drug-likeness (QED) is 0.333. The number of aryl methyl sites for hydroxylation is 1. The molecule has 0 radical (unpaired) electrons. The Hall–Kier alpha value is -3.65. The largest absolute Gasteiger partial charge is 0.389 e. The summed E-state index contributed by atoms with van der Waals surface area (Å²) in [7, 11) is 5.59. The fourth-order valence-electron chi connectivity index (χ4n) is 4.27. The number of carbonyl (C=O) groups is 1. The van der Waals surface area contributed by atoms with Crippen LogP contribution in [0.3, 0.4) is 0 Å². The molecule has 1 heterocycles. The van der Waals surface area contributed by atoms with Gasteiger partial charge in [-0.15, -0.1) is 0 Å². The summed E-state index contributed by atoms with van der Waals surface area (Å²) >= 11 is 3.56. The SMILES string of the molecule is Cc1c(N(C)C)cc(Br)c2nc(N[C@@H](Cc3ccccc3)C(=O)N(C)Cc3ccccc3)oc(=O)c12. The molecule has 3 aromatic carbocycles. The first-order chi connectivity index (χ1) is 17.2. The van der Waals surface area contributed by atoms with Crippen LogP contribution in [-0.2, 0) is 17.8 Å². The van der Waals surface area contributed by atoms with Crippen LogP contribution in [0.2, 0.25) is 0 Å². The highest BCUT2D eigenvalue weighted by Gasteiger charge is 2.25. The van der Waals surface area contributed by atoms with Crippen LogP contribution in [0.1, 0.15) is 16.7 Å². The van der Waals surface area contributed by atoms with Crippen LogP contribution in [0.15, 0.2) is 80.4 Å². The monoisotopic (exact) mass is 548 g/mol. The lowest BCUT2D eigenvalue weighted by atomic mass is 10.0. The fraction of sp³-hybridized carbons (Fsp3) is 0.250. The minimum Gasteiger partial charge on any atom is -0.389 e. The predicted octanol–water partition coefficient (Wildman–Crippen LogP) is 5.01. The number of rotatable bonds is 8. The van der Waals surface area contributed by atoms with Crippen molar-refractivity contribution in [1.29, 1.82) is 0 Å². The molecule has 1 atom stereocenters. The molecule has 8 heteroatoms. The molecular formula is C28H29BrN4O3. The Kier molecular flexibility index (Phi) is 7.74. The van der Waals surface area contributed by atoms with Crippen molar-refractivity contribution in [3.63, 3.8) is 0 Å². The van der Waals surface area contributed by atoms with Gasteiger partial charge in [-0.3, -0.25) is 4.79 Å². The van der Waals surface area contributed by atoms with Gasteiger partial charge in [0.2, 0.25) is 5.91 Å². The van der Waals surface area contributed by atoms with Crippen molar-refractivity contribution in [2.45, 2.75) is 25.9 Å². The Morgan fingerprint density at radius 3 is 2.25 bits per heavy atom. The van der Waals surface area contributed by atoms with Crippen molar-refractivity contribution >= 4 is 44.4 Å². The number of aromatic nitrogens is 1. The standard InChI is InChI=1S/C28H29BrN4O3/c1-18-23(32(2)3)16-21(29)25-24(18)27(35)36-28(31-25)30-22(15-19-11-7-5-8-12-19)26(34)33(4)17-20-13-9-6-10-14-20/h5-14,16,22H,15,17H2,1-4H3,(H,30,31)/t22-/m0/s1. The van der Waals surface area contributed by atoms with Gasteiger partial charge in [-0.1, -0.05) is 60.7 Å². The van der Waals surface area contributed by atoms with E-state index < -0.39 is 11.7 Å². The normalized spacial score (nSPS) is 11.8. The van der Waals surface area contributed by atoms with Crippen molar-refractivity contribution in [1.82, 2.24) is 9.88 Å². The molecule has 1 amide bonds. The van der Waals surface area contributed by atoms with Crippen LogP contribution in [0.5, 0.6) is 0 Å². The second kappa shape index (κ2) is 11.0. The minimum atomic E-state index is -0.685. The van der Waals surface area contributed by atoms with E-state index >= 15 is 0 Å². The Bertz CT molecular complexity index is 1420. The van der Waals surface area contributed by atoms with Gasteiger partial charge in [-0.25, -0.2) is 4.79 Å². The molecule has 0 unspecified atom stereocenters. The van der Waals surface area contributed by atoms with Gasteiger partial charge in [0, 0.05) is 44.3 Å². The Labute approximate surface area is 218 Å². The van der Waals surface area contributed by atoms with E-state index in [2.05, 4.69) is 26.2 Å². The molecule has 0 fully saturated rings. The number of likely N-dealkylation sites (N-methyl/N-ethyl adjacent to an activating group) is 1. The van der Waals surface area contributed by atoms with E-state index in [1.165, 1.54) is 0 Å². The van der Waals surface area contributed by atoms with Crippen molar-refractivity contribution in [2.75, 3.05) is 31.4 Å². The van der Waals surface area contributed by atoms with Crippen LogP contribution in [0, 0.1) is 6.92 Å². The zero-order valence-electron chi connectivity index (χ0n) is 20.8. The highest BCUT2D eigenvalue weighted by Crippen LogP contribution is 2.31. The van der Waals surface area contributed by atoms with Gasteiger partial charge in [-0.2, -0.15) is 4.98 Å². The number of anilines is 2. The lowest BCUT2D eigenvalue weighted by Crippen LogP contribution is -2.42. The third kappa shape index (κ3) is 5.60. The van der Waals surface area contributed by atoms with Crippen LogP contribution in [0.4, 0.5) is 11.7 Å². The van der Waals surface area contributed by atoms with E-state index in [0.717, 1.165) is 22.4 Å². The number of nitrogens with one attached hydrogen (secondary N) is 1. The number of amides is 1. The fourth-order valence-corrected chi connectivity index (χ4v) is 4.77. The summed E-state index contributed by atoms with van der Waals surface area (Å²) in [5.41, 5.74) is 3.66. The number of hydrogen-bond acceptors (Lipinski definition) is 6. The van der Waals surface area contributed by atoms with Gasteiger partial charge in [0.15, 0.2) is 0 Å². The smallest absolute Gasteiger partial charge is 0.348 e. The molecule has 7 nitrogen and oxygen atoms in total. The lowest BCUT2D eigenvalue weighted by Gasteiger charge is -2.25. The van der Waals surface area contributed by atoms with Crippen molar-refractivity contribution in [3.8, 4) is 0 Å². The maximum atomic E-state index is 13.5. The maximum absolute atomic E-state index is 13.5. The lowest BCUT2D eigenvalue weighted by molar-refractivity contribution is -0.131. The van der Waals surface area contributed by atoms with Gasteiger partial charge in [0.05, 0.1) is 10.9 Å². The van der Waals surface area contributed by atoms with Gasteiger partial charge < -0.3 is 19.5 Å². The van der Waals surface area contributed by atoms with Crippen molar-refractivity contribution < 1.29 is 9.21 Å².